The summed E-state index contributed by atoms with van der Waals surface area (Å²) in [7, 11) is 7.64. The molecule has 0 radical (unpaired) electrons. The molecule has 0 saturated carbocycles. The van der Waals surface area contributed by atoms with Gasteiger partial charge in [-0.1, -0.05) is 18.2 Å². The molecule has 0 spiro atoms. The van der Waals surface area contributed by atoms with Gasteiger partial charge < -0.3 is 20.3 Å². The van der Waals surface area contributed by atoms with Gasteiger partial charge in [0.25, 0.3) is 0 Å². The fourth-order valence-corrected chi connectivity index (χ4v) is 3.17. The maximum Gasteiger partial charge on any atom is 0.191 e. The molecule has 0 fully saturated rings. The summed E-state index contributed by atoms with van der Waals surface area (Å²) in [6, 6.07) is 10.4. The van der Waals surface area contributed by atoms with Crippen molar-refractivity contribution in [1.82, 2.24) is 15.5 Å². The first-order valence-electron chi connectivity index (χ1n) is 7.90. The monoisotopic (exact) mass is 474 g/mol. The molecule has 0 bridgehead atoms. The zero-order chi connectivity index (χ0) is 17.4. The van der Waals surface area contributed by atoms with E-state index in [1.165, 1.54) is 5.56 Å². The van der Waals surface area contributed by atoms with Crippen molar-refractivity contribution < 1.29 is 4.74 Å². The number of guanidine groups is 1. The lowest BCUT2D eigenvalue weighted by atomic mass is 10.0. The number of rotatable bonds is 7. The number of likely N-dealkylation sites (N-methyl/N-ethyl adjacent to an activating group) is 1. The third-order valence-corrected chi connectivity index (χ3v) is 4.58. The first kappa shape index (κ1) is 21.7. The van der Waals surface area contributed by atoms with Gasteiger partial charge in [0.05, 0.1) is 13.2 Å². The van der Waals surface area contributed by atoms with Crippen molar-refractivity contribution in [3.8, 4) is 5.75 Å². The highest BCUT2D eigenvalue weighted by molar-refractivity contribution is 14.0. The Morgan fingerprint density at radius 2 is 2.00 bits per heavy atom. The van der Waals surface area contributed by atoms with E-state index in [1.807, 2.05) is 18.2 Å². The number of nitrogens with zero attached hydrogens (tertiary/aromatic N) is 2. The SMILES string of the molecule is CN=C(NCc1ccsc1)NCC(c1ccccc1OC)N(C)C.I. The fourth-order valence-electron chi connectivity index (χ4n) is 2.51. The molecule has 1 atom stereocenters. The Morgan fingerprint density at radius 1 is 1.24 bits per heavy atom. The Kier molecular flexibility index (Phi) is 9.84. The summed E-state index contributed by atoms with van der Waals surface area (Å²) in [6.45, 7) is 1.50. The molecule has 5 nitrogen and oxygen atoms in total. The molecule has 0 aliphatic carbocycles. The Bertz CT molecular complexity index is 646. The molecular formula is C18H27IN4OS. The Balaban J connectivity index is 0.00000312. The van der Waals surface area contributed by atoms with E-state index in [1.54, 1.807) is 25.5 Å². The van der Waals surface area contributed by atoms with Gasteiger partial charge in [-0.15, -0.1) is 24.0 Å². The van der Waals surface area contributed by atoms with Crippen LogP contribution in [0.5, 0.6) is 5.75 Å². The highest BCUT2D eigenvalue weighted by atomic mass is 127. The molecule has 0 saturated heterocycles. The first-order valence-corrected chi connectivity index (χ1v) is 8.85. The molecule has 7 heteroatoms. The van der Waals surface area contributed by atoms with E-state index in [9.17, 15) is 0 Å². The zero-order valence-electron chi connectivity index (χ0n) is 15.2. The largest absolute Gasteiger partial charge is 0.496 e. The maximum absolute atomic E-state index is 5.51. The molecule has 0 aliphatic rings. The molecule has 2 N–H and O–H groups in total. The number of hydrogen-bond donors (Lipinski definition) is 2. The highest BCUT2D eigenvalue weighted by Crippen LogP contribution is 2.27. The van der Waals surface area contributed by atoms with E-state index in [4.69, 9.17) is 4.74 Å². The van der Waals surface area contributed by atoms with Gasteiger partial charge in [0.1, 0.15) is 5.75 Å². The normalized spacial score (nSPS) is 12.4. The van der Waals surface area contributed by atoms with E-state index in [2.05, 4.69) is 57.5 Å². The standard InChI is InChI=1S/C18H26N4OS.HI/c1-19-18(20-11-14-9-10-24-13-14)21-12-16(22(2)3)15-7-5-6-8-17(15)23-4;/h5-10,13,16H,11-12H2,1-4H3,(H2,19,20,21);1H. The lowest BCUT2D eigenvalue weighted by molar-refractivity contribution is 0.287. The predicted octanol–water partition coefficient (Wildman–Crippen LogP) is 3.34. The number of halogens is 1. The molecule has 1 aromatic carbocycles. The summed E-state index contributed by atoms with van der Waals surface area (Å²) in [5.41, 5.74) is 2.42. The van der Waals surface area contributed by atoms with Gasteiger partial charge in [-0.05, 0) is 42.6 Å². The second-order valence-electron chi connectivity index (χ2n) is 5.66. The van der Waals surface area contributed by atoms with Crippen LogP contribution in [0.15, 0.2) is 46.1 Å². The summed E-state index contributed by atoms with van der Waals surface area (Å²) in [5.74, 6) is 1.70. The van der Waals surface area contributed by atoms with Crippen LogP contribution in [0.3, 0.4) is 0 Å². The van der Waals surface area contributed by atoms with Crippen molar-refractivity contribution in [3.63, 3.8) is 0 Å². The van der Waals surface area contributed by atoms with Crippen molar-refractivity contribution in [2.45, 2.75) is 12.6 Å². The van der Waals surface area contributed by atoms with Crippen molar-refractivity contribution >= 4 is 41.3 Å². The van der Waals surface area contributed by atoms with Crippen LogP contribution in [-0.4, -0.2) is 45.7 Å². The summed E-state index contributed by atoms with van der Waals surface area (Å²) < 4.78 is 5.51. The van der Waals surface area contributed by atoms with Gasteiger partial charge >= 0.3 is 0 Å². The van der Waals surface area contributed by atoms with E-state index in [-0.39, 0.29) is 30.0 Å². The lowest BCUT2D eigenvalue weighted by Crippen LogP contribution is -2.41. The van der Waals surface area contributed by atoms with Crippen LogP contribution < -0.4 is 15.4 Å². The third-order valence-electron chi connectivity index (χ3n) is 3.85. The molecular weight excluding hydrogens is 447 g/mol. The summed E-state index contributed by atoms with van der Waals surface area (Å²) >= 11 is 1.70. The minimum absolute atomic E-state index is 0. The molecule has 2 aromatic rings. The third kappa shape index (κ3) is 6.48. The van der Waals surface area contributed by atoms with Gasteiger partial charge in [-0.3, -0.25) is 4.99 Å². The van der Waals surface area contributed by atoms with Crippen molar-refractivity contribution in [3.05, 3.63) is 52.2 Å². The number of hydrogen-bond acceptors (Lipinski definition) is 4. The van der Waals surface area contributed by atoms with Crippen LogP contribution in [0.2, 0.25) is 0 Å². The minimum atomic E-state index is 0. The molecule has 0 aliphatic heterocycles. The van der Waals surface area contributed by atoms with Gasteiger partial charge in [0, 0.05) is 25.7 Å². The van der Waals surface area contributed by atoms with Gasteiger partial charge in [-0.25, -0.2) is 0 Å². The number of benzene rings is 1. The average Bonchev–Trinajstić information content (AvgIpc) is 3.11. The van der Waals surface area contributed by atoms with Crippen molar-refractivity contribution in [1.29, 1.82) is 0 Å². The number of para-hydroxylation sites is 1. The van der Waals surface area contributed by atoms with E-state index >= 15 is 0 Å². The minimum Gasteiger partial charge on any atom is -0.496 e. The van der Waals surface area contributed by atoms with Crippen LogP contribution in [0.25, 0.3) is 0 Å². The maximum atomic E-state index is 5.51. The number of aliphatic imine (C=N–C) groups is 1. The number of nitrogens with one attached hydrogen (secondary N) is 2. The number of methoxy groups -OCH3 is 1. The quantitative estimate of drug-likeness (QED) is 0.367. The van der Waals surface area contributed by atoms with Crippen molar-refractivity contribution in [2.24, 2.45) is 4.99 Å². The molecule has 0 amide bonds. The van der Waals surface area contributed by atoms with E-state index < -0.39 is 0 Å². The van der Waals surface area contributed by atoms with Crippen LogP contribution >= 0.6 is 35.3 Å². The van der Waals surface area contributed by atoms with Crippen molar-refractivity contribution in [2.75, 3.05) is 34.8 Å². The molecule has 2 rings (SSSR count). The average molecular weight is 474 g/mol. The summed E-state index contributed by atoms with van der Waals surface area (Å²) in [4.78, 5) is 6.48. The van der Waals surface area contributed by atoms with Gasteiger partial charge in [0.2, 0.25) is 0 Å². The second kappa shape index (κ2) is 11.3. The summed E-state index contributed by atoms with van der Waals surface area (Å²) in [6.07, 6.45) is 0. The highest BCUT2D eigenvalue weighted by Gasteiger charge is 2.18. The van der Waals surface area contributed by atoms with Crippen LogP contribution in [0.4, 0.5) is 0 Å². The Morgan fingerprint density at radius 3 is 2.60 bits per heavy atom. The smallest absolute Gasteiger partial charge is 0.191 e. The van der Waals surface area contributed by atoms with Crippen LogP contribution in [0, 0.1) is 0 Å². The number of thiophene rings is 1. The lowest BCUT2D eigenvalue weighted by Gasteiger charge is -2.27. The van der Waals surface area contributed by atoms with Crippen LogP contribution in [-0.2, 0) is 6.54 Å². The van der Waals surface area contributed by atoms with Gasteiger partial charge in [-0.2, -0.15) is 11.3 Å². The predicted molar refractivity (Wildman–Crippen MR) is 117 cm³/mol. The molecule has 1 heterocycles. The van der Waals surface area contributed by atoms with Crippen LogP contribution in [0.1, 0.15) is 17.2 Å². The second-order valence-corrected chi connectivity index (χ2v) is 6.44. The molecule has 138 valence electrons. The van der Waals surface area contributed by atoms with Gasteiger partial charge in [0.15, 0.2) is 5.96 Å². The number of ether oxygens (including phenoxy) is 1. The summed E-state index contributed by atoms with van der Waals surface area (Å²) in [5, 5.41) is 11.0. The van der Waals surface area contributed by atoms with E-state index in [0.717, 1.165) is 30.4 Å². The molecule has 1 unspecified atom stereocenters. The topological polar surface area (TPSA) is 48.9 Å². The van der Waals surface area contributed by atoms with E-state index in [0.29, 0.717) is 0 Å². The Hall–Kier alpha value is -1.32. The molecule has 25 heavy (non-hydrogen) atoms. The molecule has 1 aromatic heterocycles. The Labute approximate surface area is 171 Å². The first-order chi connectivity index (χ1) is 11.7. The zero-order valence-corrected chi connectivity index (χ0v) is 18.3. The fraction of sp³-hybridized carbons (Fsp3) is 0.389.